The van der Waals surface area contributed by atoms with Crippen LogP contribution in [0.3, 0.4) is 0 Å². The molecule has 0 rings (SSSR count). The maximum atomic E-state index is 12.2. The Kier molecular flexibility index (Phi) is 21.2. The Hall–Kier alpha value is -0.460. The van der Waals surface area contributed by atoms with Gasteiger partial charge in [-0.15, -0.1) is 0 Å². The minimum Gasteiger partial charge on any atom is -0.778 e. The minimum atomic E-state index is -4.00. The maximum absolute atomic E-state index is 12.2. The fourth-order valence-corrected chi connectivity index (χ4v) is 5.25. The summed E-state index contributed by atoms with van der Waals surface area (Å²) in [5, 5.41) is 0. The highest BCUT2D eigenvalue weighted by Gasteiger charge is 2.20. The first-order valence-electron chi connectivity index (χ1n) is 14.5. The summed E-state index contributed by atoms with van der Waals surface area (Å²) in [4.78, 5) is 24.0. The Bertz CT molecular complexity index is 581. The standard InChI is InChI=1S/C28H58NO6P/c1-7-9-10-11-12-13-14-15-16-17-18-19-20-26(3)23-33-24-27(35-28(30)8-2)25-34-36(31,32)22-21-29(4,5)6/h26-27H,7-25H2,1-6H3. The lowest BCUT2D eigenvalue weighted by molar-refractivity contribution is -0.868. The highest BCUT2D eigenvalue weighted by Crippen LogP contribution is 2.37. The first kappa shape index (κ1) is 35.5. The summed E-state index contributed by atoms with van der Waals surface area (Å²) < 4.78 is 29.1. The molecule has 0 bridgehead atoms. The van der Waals surface area contributed by atoms with Crippen LogP contribution in [-0.2, 0) is 23.4 Å². The highest BCUT2D eigenvalue weighted by molar-refractivity contribution is 7.51. The van der Waals surface area contributed by atoms with Crippen molar-refractivity contribution in [2.45, 2.75) is 117 Å². The van der Waals surface area contributed by atoms with Crippen molar-refractivity contribution in [1.82, 2.24) is 0 Å². The van der Waals surface area contributed by atoms with E-state index in [-0.39, 0.29) is 31.8 Å². The van der Waals surface area contributed by atoms with E-state index in [1.54, 1.807) is 6.92 Å². The van der Waals surface area contributed by atoms with Crippen LogP contribution in [0.5, 0.6) is 0 Å². The van der Waals surface area contributed by atoms with E-state index in [1.807, 2.05) is 21.1 Å². The summed E-state index contributed by atoms with van der Waals surface area (Å²) in [5.74, 6) is 0.0237. The second-order valence-electron chi connectivity index (χ2n) is 11.4. The normalized spacial score (nSPS) is 15.4. The first-order chi connectivity index (χ1) is 17.0. The van der Waals surface area contributed by atoms with Crippen LogP contribution in [0.2, 0.25) is 0 Å². The van der Waals surface area contributed by atoms with E-state index in [2.05, 4.69) is 13.8 Å². The largest absolute Gasteiger partial charge is 0.778 e. The van der Waals surface area contributed by atoms with E-state index in [0.29, 0.717) is 23.6 Å². The van der Waals surface area contributed by atoms with Gasteiger partial charge in [0, 0.05) is 13.0 Å². The lowest BCUT2D eigenvalue weighted by Gasteiger charge is -2.30. The van der Waals surface area contributed by atoms with Crippen molar-refractivity contribution in [2.75, 3.05) is 53.7 Å². The van der Waals surface area contributed by atoms with Gasteiger partial charge in [-0.1, -0.05) is 97.8 Å². The molecule has 0 radical (unpaired) electrons. The van der Waals surface area contributed by atoms with Crippen molar-refractivity contribution in [2.24, 2.45) is 5.92 Å². The molecule has 36 heavy (non-hydrogen) atoms. The Morgan fingerprint density at radius 2 is 1.36 bits per heavy atom. The lowest BCUT2D eigenvalue weighted by Crippen LogP contribution is -2.38. The Morgan fingerprint density at radius 3 is 1.86 bits per heavy atom. The van der Waals surface area contributed by atoms with Gasteiger partial charge in [0.1, 0.15) is 13.7 Å². The molecule has 0 heterocycles. The van der Waals surface area contributed by atoms with E-state index in [4.69, 9.17) is 14.0 Å². The fraction of sp³-hybridized carbons (Fsp3) is 0.964. The van der Waals surface area contributed by atoms with Gasteiger partial charge in [0.15, 0.2) is 0 Å². The molecular weight excluding hydrogens is 477 g/mol. The fourth-order valence-electron chi connectivity index (χ4n) is 3.89. The van der Waals surface area contributed by atoms with E-state index >= 15 is 0 Å². The van der Waals surface area contributed by atoms with Crippen molar-refractivity contribution >= 4 is 13.6 Å². The molecule has 0 aliphatic heterocycles. The summed E-state index contributed by atoms with van der Waals surface area (Å²) in [6.07, 6.45) is 16.7. The van der Waals surface area contributed by atoms with E-state index in [9.17, 15) is 14.3 Å². The summed E-state index contributed by atoms with van der Waals surface area (Å²) in [6, 6.07) is 0. The van der Waals surface area contributed by atoms with Gasteiger partial charge >= 0.3 is 5.97 Å². The number of esters is 1. The second-order valence-corrected chi connectivity index (χ2v) is 13.4. The van der Waals surface area contributed by atoms with Gasteiger partial charge in [-0.2, -0.15) is 0 Å². The quantitative estimate of drug-likeness (QED) is 0.0588. The van der Waals surface area contributed by atoms with Gasteiger partial charge in [-0.25, -0.2) is 0 Å². The molecule has 0 saturated carbocycles. The molecule has 7 nitrogen and oxygen atoms in total. The molecule has 0 spiro atoms. The van der Waals surface area contributed by atoms with Crippen LogP contribution in [0.4, 0.5) is 0 Å². The third kappa shape index (κ3) is 23.9. The third-order valence-corrected chi connectivity index (χ3v) is 7.64. The van der Waals surface area contributed by atoms with Crippen LogP contribution in [-0.4, -0.2) is 70.2 Å². The summed E-state index contributed by atoms with van der Waals surface area (Å²) in [5.41, 5.74) is 0. The molecule has 0 aromatic rings. The number of carbonyl (C=O) groups excluding carboxylic acids is 1. The van der Waals surface area contributed by atoms with Gasteiger partial charge in [-0.3, -0.25) is 4.79 Å². The number of hydrogen-bond donors (Lipinski definition) is 0. The number of carbonyl (C=O) groups is 1. The average Bonchev–Trinajstić information content (AvgIpc) is 2.81. The molecule has 0 saturated heterocycles. The Labute approximate surface area is 222 Å². The second kappa shape index (κ2) is 21.5. The van der Waals surface area contributed by atoms with Gasteiger partial charge in [0.05, 0.1) is 47.1 Å². The number of unbranched alkanes of at least 4 members (excludes halogenated alkanes) is 11. The molecule has 3 unspecified atom stereocenters. The monoisotopic (exact) mass is 535 g/mol. The smallest absolute Gasteiger partial charge is 0.305 e. The lowest BCUT2D eigenvalue weighted by atomic mass is 10.0. The van der Waals surface area contributed by atoms with Crippen molar-refractivity contribution in [3.05, 3.63) is 0 Å². The molecule has 0 fully saturated rings. The number of rotatable bonds is 25. The van der Waals surface area contributed by atoms with Crippen molar-refractivity contribution in [3.8, 4) is 0 Å². The zero-order valence-electron chi connectivity index (χ0n) is 24.4. The molecule has 0 aliphatic carbocycles. The van der Waals surface area contributed by atoms with Crippen LogP contribution < -0.4 is 4.89 Å². The molecule has 0 aliphatic rings. The Morgan fingerprint density at radius 1 is 0.833 bits per heavy atom. The minimum absolute atomic E-state index is 0.0537. The number of ether oxygens (including phenoxy) is 2. The van der Waals surface area contributed by atoms with E-state index in [0.717, 1.165) is 6.42 Å². The van der Waals surface area contributed by atoms with Gasteiger partial charge in [0.25, 0.3) is 0 Å². The van der Waals surface area contributed by atoms with Gasteiger partial charge < -0.3 is 27.9 Å². The van der Waals surface area contributed by atoms with Gasteiger partial charge in [0.2, 0.25) is 0 Å². The third-order valence-electron chi connectivity index (χ3n) is 6.35. The molecule has 0 N–H and O–H groups in total. The van der Waals surface area contributed by atoms with Crippen LogP contribution in [0, 0.1) is 5.92 Å². The summed E-state index contributed by atoms with van der Waals surface area (Å²) in [6.45, 7) is 7.10. The molecule has 0 amide bonds. The molecule has 216 valence electrons. The number of nitrogens with zero attached hydrogens (tertiary/aromatic N) is 1. The van der Waals surface area contributed by atoms with Crippen LogP contribution >= 0.6 is 7.60 Å². The predicted octanol–water partition coefficient (Wildman–Crippen LogP) is 6.33. The molecule has 0 aromatic heterocycles. The van der Waals surface area contributed by atoms with E-state index in [1.165, 1.54) is 77.0 Å². The van der Waals surface area contributed by atoms with Crippen molar-refractivity contribution in [1.29, 1.82) is 0 Å². The van der Waals surface area contributed by atoms with Crippen LogP contribution in [0.25, 0.3) is 0 Å². The molecule has 0 aromatic carbocycles. The maximum Gasteiger partial charge on any atom is 0.305 e. The van der Waals surface area contributed by atoms with Crippen molar-refractivity contribution < 1.29 is 32.7 Å². The summed E-state index contributed by atoms with van der Waals surface area (Å²) in [7, 11) is 1.79. The van der Waals surface area contributed by atoms with Crippen molar-refractivity contribution in [3.63, 3.8) is 0 Å². The predicted molar refractivity (Wildman–Crippen MR) is 147 cm³/mol. The SMILES string of the molecule is CCCCCCCCCCCCCCC(C)COCC(COP(=O)([O-])CC[N+](C)(C)C)OC(=O)CC. The molecular formula is C28H58NO6P. The van der Waals surface area contributed by atoms with E-state index < -0.39 is 13.7 Å². The zero-order chi connectivity index (χ0) is 27.3. The zero-order valence-corrected chi connectivity index (χ0v) is 25.3. The Balaban J connectivity index is 4.02. The average molecular weight is 536 g/mol. The number of hydrogen-bond acceptors (Lipinski definition) is 6. The van der Waals surface area contributed by atoms with Crippen LogP contribution in [0.1, 0.15) is 111 Å². The first-order valence-corrected chi connectivity index (χ1v) is 16.2. The highest BCUT2D eigenvalue weighted by atomic mass is 31.2. The summed E-state index contributed by atoms with van der Waals surface area (Å²) >= 11 is 0. The molecule has 3 atom stereocenters. The van der Waals surface area contributed by atoms with Gasteiger partial charge in [-0.05, 0) is 12.3 Å². The van der Waals surface area contributed by atoms with Crippen LogP contribution in [0.15, 0.2) is 0 Å². The molecule has 8 heteroatoms. The topological polar surface area (TPSA) is 84.9 Å². The number of quaternary nitrogens is 1.